The Balaban J connectivity index is 2.81. The number of benzene rings is 1. The molecule has 23 heavy (non-hydrogen) atoms. The van der Waals surface area contributed by atoms with Gasteiger partial charge >= 0.3 is 0 Å². The third kappa shape index (κ3) is 5.84. The first kappa shape index (κ1) is 18.9. The van der Waals surface area contributed by atoms with Gasteiger partial charge in [-0.1, -0.05) is 37.8 Å². The maximum absolute atomic E-state index is 12.0. The van der Waals surface area contributed by atoms with Crippen molar-refractivity contribution < 1.29 is 14.6 Å². The molecule has 0 aliphatic carbocycles. The maximum Gasteiger partial charge on any atom is 0.261 e. The van der Waals surface area contributed by atoms with Gasteiger partial charge in [0.2, 0.25) is 0 Å². The van der Waals surface area contributed by atoms with E-state index in [4.69, 9.17) is 21.6 Å². The van der Waals surface area contributed by atoms with Crippen LogP contribution in [0, 0.1) is 11.3 Å². The highest BCUT2D eigenvalue weighted by atomic mass is 35.5. The number of ether oxygens (including phenoxy) is 1. The molecule has 0 saturated heterocycles. The molecule has 0 heterocycles. The number of nitrogens with zero attached hydrogens (tertiary/aromatic N) is 1. The number of carbonyl (C=O) groups is 1. The summed E-state index contributed by atoms with van der Waals surface area (Å²) in [5, 5.41) is 21.7. The zero-order chi connectivity index (χ0) is 17.2. The lowest BCUT2D eigenvalue weighted by atomic mass is 10.1. The van der Waals surface area contributed by atoms with Crippen molar-refractivity contribution in [1.29, 1.82) is 5.26 Å². The monoisotopic (exact) mass is 336 g/mol. The molecule has 0 fully saturated rings. The standard InChI is InChI=1S/C17H21ClN2O3/c1-3-4-5-6-7-20-17(22)13(11-19)8-12-9-14(18)16(21)15(10-12)23-2/h8-10,21H,3-7H2,1-2H3,(H,20,22)/b13-8+. The first-order valence-electron chi connectivity index (χ1n) is 7.50. The van der Waals surface area contributed by atoms with Gasteiger partial charge in [-0.15, -0.1) is 0 Å². The van der Waals surface area contributed by atoms with E-state index in [-0.39, 0.29) is 22.1 Å². The molecule has 0 radical (unpaired) electrons. The number of nitrogens with one attached hydrogen (secondary N) is 1. The van der Waals surface area contributed by atoms with Gasteiger partial charge in [-0.25, -0.2) is 0 Å². The molecular weight excluding hydrogens is 316 g/mol. The molecule has 124 valence electrons. The van der Waals surface area contributed by atoms with E-state index in [1.54, 1.807) is 0 Å². The molecule has 0 aromatic heterocycles. The highest BCUT2D eigenvalue weighted by Crippen LogP contribution is 2.35. The third-order valence-corrected chi connectivity index (χ3v) is 3.55. The van der Waals surface area contributed by atoms with Crippen molar-refractivity contribution in [3.05, 3.63) is 28.3 Å². The van der Waals surface area contributed by atoms with Crippen LogP contribution in [0.2, 0.25) is 5.02 Å². The Hall–Kier alpha value is -2.19. The fourth-order valence-electron chi connectivity index (χ4n) is 2.00. The number of unbranched alkanes of at least 4 members (excludes halogenated alkanes) is 3. The Labute approximate surface area is 141 Å². The van der Waals surface area contributed by atoms with Crippen LogP contribution in [0.1, 0.15) is 38.2 Å². The van der Waals surface area contributed by atoms with E-state index < -0.39 is 5.91 Å². The number of amides is 1. The molecule has 0 saturated carbocycles. The number of carbonyl (C=O) groups excluding carboxylic acids is 1. The highest BCUT2D eigenvalue weighted by Gasteiger charge is 2.11. The minimum Gasteiger partial charge on any atom is -0.503 e. The zero-order valence-electron chi connectivity index (χ0n) is 13.4. The molecule has 0 atom stereocenters. The molecule has 0 bridgehead atoms. The van der Waals surface area contributed by atoms with Gasteiger partial charge in [0, 0.05) is 6.54 Å². The van der Waals surface area contributed by atoms with E-state index in [2.05, 4.69) is 12.2 Å². The molecule has 0 aliphatic rings. The van der Waals surface area contributed by atoms with Crippen LogP contribution >= 0.6 is 11.6 Å². The third-order valence-electron chi connectivity index (χ3n) is 3.26. The molecule has 5 nitrogen and oxygen atoms in total. The van der Waals surface area contributed by atoms with E-state index in [9.17, 15) is 9.90 Å². The molecule has 6 heteroatoms. The quantitative estimate of drug-likeness (QED) is 0.431. The van der Waals surface area contributed by atoms with Gasteiger partial charge in [0.25, 0.3) is 5.91 Å². The number of hydrogen-bond acceptors (Lipinski definition) is 4. The average Bonchev–Trinajstić information content (AvgIpc) is 2.55. The Morgan fingerprint density at radius 2 is 2.17 bits per heavy atom. The minimum absolute atomic E-state index is 0.0238. The molecule has 2 N–H and O–H groups in total. The van der Waals surface area contributed by atoms with Crippen LogP contribution in [0.5, 0.6) is 11.5 Å². The lowest BCUT2D eigenvalue weighted by Crippen LogP contribution is -2.25. The SMILES string of the molecule is CCCCCCNC(=O)/C(C#N)=C/c1cc(Cl)c(O)c(OC)c1. The van der Waals surface area contributed by atoms with Crippen molar-refractivity contribution in [3.8, 4) is 17.6 Å². The van der Waals surface area contributed by atoms with Crippen LogP contribution < -0.4 is 10.1 Å². The summed E-state index contributed by atoms with van der Waals surface area (Å²) in [6, 6.07) is 4.85. The van der Waals surface area contributed by atoms with Crippen LogP contribution in [0.25, 0.3) is 6.08 Å². The van der Waals surface area contributed by atoms with E-state index in [1.807, 2.05) is 6.07 Å². The van der Waals surface area contributed by atoms with Gasteiger partial charge in [-0.3, -0.25) is 4.79 Å². The highest BCUT2D eigenvalue weighted by molar-refractivity contribution is 6.32. The largest absolute Gasteiger partial charge is 0.503 e. The van der Waals surface area contributed by atoms with Gasteiger partial charge in [0.1, 0.15) is 11.6 Å². The van der Waals surface area contributed by atoms with Crippen LogP contribution in [0.3, 0.4) is 0 Å². The zero-order valence-corrected chi connectivity index (χ0v) is 14.1. The molecule has 1 amide bonds. The van der Waals surface area contributed by atoms with Crippen molar-refractivity contribution in [2.45, 2.75) is 32.6 Å². The topological polar surface area (TPSA) is 82.4 Å². The van der Waals surface area contributed by atoms with E-state index in [0.717, 1.165) is 25.7 Å². The lowest BCUT2D eigenvalue weighted by molar-refractivity contribution is -0.117. The summed E-state index contributed by atoms with van der Waals surface area (Å²) < 4.78 is 5.00. The summed E-state index contributed by atoms with van der Waals surface area (Å²) in [5.74, 6) is -0.418. The molecule has 0 aliphatic heterocycles. The Morgan fingerprint density at radius 1 is 1.43 bits per heavy atom. The van der Waals surface area contributed by atoms with Gasteiger partial charge in [-0.05, 0) is 30.2 Å². The van der Waals surface area contributed by atoms with E-state index >= 15 is 0 Å². The Morgan fingerprint density at radius 3 is 2.78 bits per heavy atom. The van der Waals surface area contributed by atoms with Crippen molar-refractivity contribution in [2.75, 3.05) is 13.7 Å². The fraction of sp³-hybridized carbons (Fsp3) is 0.412. The van der Waals surface area contributed by atoms with Gasteiger partial charge in [0.15, 0.2) is 11.5 Å². The normalized spacial score (nSPS) is 11.0. The number of methoxy groups -OCH3 is 1. The number of halogens is 1. The van der Waals surface area contributed by atoms with Crippen LogP contribution in [0.4, 0.5) is 0 Å². The van der Waals surface area contributed by atoms with E-state index in [0.29, 0.717) is 12.1 Å². The molecule has 1 aromatic carbocycles. The minimum atomic E-state index is -0.424. The Bertz CT molecular complexity index is 621. The van der Waals surface area contributed by atoms with Crippen LogP contribution in [0.15, 0.2) is 17.7 Å². The predicted molar refractivity (Wildman–Crippen MR) is 90.4 cm³/mol. The first-order valence-corrected chi connectivity index (χ1v) is 7.87. The summed E-state index contributed by atoms with van der Waals surface area (Å²) in [4.78, 5) is 12.0. The fourth-order valence-corrected chi connectivity index (χ4v) is 2.22. The van der Waals surface area contributed by atoms with Gasteiger partial charge in [-0.2, -0.15) is 5.26 Å². The molecule has 1 aromatic rings. The number of phenols is 1. The maximum atomic E-state index is 12.0. The molecule has 1 rings (SSSR count). The van der Waals surface area contributed by atoms with Crippen LogP contribution in [-0.4, -0.2) is 24.7 Å². The van der Waals surface area contributed by atoms with Gasteiger partial charge < -0.3 is 15.2 Å². The number of aromatic hydroxyl groups is 1. The van der Waals surface area contributed by atoms with Crippen molar-refractivity contribution in [2.24, 2.45) is 0 Å². The summed E-state index contributed by atoms with van der Waals surface area (Å²) in [6.45, 7) is 2.66. The predicted octanol–water partition coefficient (Wildman–Crippen LogP) is 3.66. The van der Waals surface area contributed by atoms with Crippen molar-refractivity contribution in [1.82, 2.24) is 5.32 Å². The number of nitriles is 1. The second-order valence-electron chi connectivity index (χ2n) is 5.04. The van der Waals surface area contributed by atoms with E-state index in [1.165, 1.54) is 25.3 Å². The molecule has 0 spiro atoms. The average molecular weight is 337 g/mol. The van der Waals surface area contributed by atoms with Crippen LogP contribution in [-0.2, 0) is 4.79 Å². The molecular formula is C17H21ClN2O3. The summed E-state index contributed by atoms with van der Waals surface area (Å²) in [6.07, 6.45) is 5.60. The Kier molecular flexibility index (Phi) is 8.00. The number of rotatable bonds is 8. The molecule has 0 unspecified atom stereocenters. The summed E-state index contributed by atoms with van der Waals surface area (Å²) in [5.41, 5.74) is 0.478. The number of hydrogen-bond donors (Lipinski definition) is 2. The summed E-state index contributed by atoms with van der Waals surface area (Å²) >= 11 is 5.89. The summed E-state index contributed by atoms with van der Waals surface area (Å²) in [7, 11) is 1.40. The van der Waals surface area contributed by atoms with Crippen molar-refractivity contribution in [3.63, 3.8) is 0 Å². The number of phenolic OH excluding ortho intramolecular Hbond substituents is 1. The lowest BCUT2D eigenvalue weighted by Gasteiger charge is -2.07. The second-order valence-corrected chi connectivity index (χ2v) is 5.45. The van der Waals surface area contributed by atoms with Crippen molar-refractivity contribution >= 4 is 23.6 Å². The first-order chi connectivity index (χ1) is 11.0. The van der Waals surface area contributed by atoms with Gasteiger partial charge in [0.05, 0.1) is 12.1 Å². The second kappa shape index (κ2) is 9.75. The smallest absolute Gasteiger partial charge is 0.261 e.